The van der Waals surface area contributed by atoms with Crippen molar-refractivity contribution in [1.29, 1.82) is 0 Å². The molecule has 0 radical (unpaired) electrons. The van der Waals surface area contributed by atoms with Crippen molar-refractivity contribution >= 4 is 28.2 Å². The molecule has 1 heterocycles. The third-order valence-electron chi connectivity index (χ3n) is 3.52. The molecule has 3 N–H and O–H groups in total. The molecule has 5 heteroatoms. The van der Waals surface area contributed by atoms with Crippen LogP contribution in [0.25, 0.3) is 10.8 Å². The van der Waals surface area contributed by atoms with Crippen LogP contribution in [-0.4, -0.2) is 22.6 Å². The number of nitrogens with one attached hydrogen (secondary N) is 1. The van der Waals surface area contributed by atoms with Gasteiger partial charge in [0.25, 0.3) is 5.91 Å². The Balaban J connectivity index is 2.11. The number of aromatic nitrogens is 2. The lowest BCUT2D eigenvalue weighted by Crippen LogP contribution is -2.31. The Hall–Kier alpha value is -2.82. The highest BCUT2D eigenvalue weighted by Gasteiger charge is 2.21. The average Bonchev–Trinajstić information content (AvgIpc) is 2.94. The van der Waals surface area contributed by atoms with Crippen LogP contribution >= 0.6 is 0 Å². The lowest BCUT2D eigenvalue weighted by molar-refractivity contribution is 0.0989. The standard InChI is InChI=1S/C16H16N4O/c1-2-20(16(21)13-10-18-19-15(13)17)14-9-5-7-11-6-3-4-8-12(11)14/h3-10H,2H2,1H3,(H3,17,18,19). The normalized spacial score (nSPS) is 10.7. The molecule has 3 aromatic rings. The van der Waals surface area contributed by atoms with Gasteiger partial charge in [0.2, 0.25) is 0 Å². The minimum absolute atomic E-state index is 0.153. The van der Waals surface area contributed by atoms with Gasteiger partial charge in [-0.3, -0.25) is 9.89 Å². The zero-order valence-electron chi connectivity index (χ0n) is 11.7. The topological polar surface area (TPSA) is 75.0 Å². The van der Waals surface area contributed by atoms with E-state index in [1.54, 1.807) is 4.90 Å². The summed E-state index contributed by atoms with van der Waals surface area (Å²) >= 11 is 0. The Labute approximate surface area is 122 Å². The maximum absolute atomic E-state index is 12.7. The highest BCUT2D eigenvalue weighted by Crippen LogP contribution is 2.28. The van der Waals surface area contributed by atoms with E-state index in [1.165, 1.54) is 6.20 Å². The number of nitrogens with zero attached hydrogens (tertiary/aromatic N) is 2. The highest BCUT2D eigenvalue weighted by atomic mass is 16.2. The number of carbonyl (C=O) groups excluding carboxylic acids is 1. The van der Waals surface area contributed by atoms with Crippen LogP contribution in [0.4, 0.5) is 11.5 Å². The Morgan fingerprint density at radius 2 is 2.00 bits per heavy atom. The van der Waals surface area contributed by atoms with Crippen molar-refractivity contribution in [2.75, 3.05) is 17.2 Å². The number of rotatable bonds is 3. The fourth-order valence-corrected chi connectivity index (χ4v) is 2.48. The second-order valence-electron chi connectivity index (χ2n) is 4.75. The van der Waals surface area contributed by atoms with E-state index < -0.39 is 0 Å². The first kappa shape index (κ1) is 13.2. The van der Waals surface area contributed by atoms with Gasteiger partial charge in [-0.25, -0.2) is 0 Å². The predicted molar refractivity (Wildman–Crippen MR) is 84.3 cm³/mol. The third-order valence-corrected chi connectivity index (χ3v) is 3.52. The molecule has 0 unspecified atom stereocenters. The number of nitrogen functional groups attached to an aromatic ring is 1. The number of hydrogen-bond donors (Lipinski definition) is 2. The van der Waals surface area contributed by atoms with Crippen molar-refractivity contribution in [2.45, 2.75) is 6.92 Å². The number of aromatic amines is 1. The fraction of sp³-hybridized carbons (Fsp3) is 0.125. The van der Waals surface area contributed by atoms with Crippen LogP contribution in [0.1, 0.15) is 17.3 Å². The van der Waals surface area contributed by atoms with Crippen molar-refractivity contribution < 1.29 is 4.79 Å². The Bertz CT molecular complexity index is 788. The van der Waals surface area contributed by atoms with Gasteiger partial charge < -0.3 is 10.6 Å². The van der Waals surface area contributed by atoms with Crippen LogP contribution in [0, 0.1) is 0 Å². The van der Waals surface area contributed by atoms with E-state index in [0.717, 1.165) is 16.5 Å². The smallest absolute Gasteiger partial charge is 0.263 e. The van der Waals surface area contributed by atoms with E-state index >= 15 is 0 Å². The number of hydrogen-bond acceptors (Lipinski definition) is 3. The average molecular weight is 280 g/mol. The van der Waals surface area contributed by atoms with Gasteiger partial charge >= 0.3 is 0 Å². The quantitative estimate of drug-likeness (QED) is 0.774. The van der Waals surface area contributed by atoms with E-state index in [0.29, 0.717) is 17.9 Å². The summed E-state index contributed by atoms with van der Waals surface area (Å²) in [7, 11) is 0. The number of H-pyrrole nitrogens is 1. The van der Waals surface area contributed by atoms with Crippen molar-refractivity contribution in [3.63, 3.8) is 0 Å². The van der Waals surface area contributed by atoms with Gasteiger partial charge in [0, 0.05) is 11.9 Å². The number of amides is 1. The summed E-state index contributed by atoms with van der Waals surface area (Å²) in [4.78, 5) is 14.4. The van der Waals surface area contributed by atoms with Gasteiger partial charge in [0.1, 0.15) is 11.4 Å². The molecule has 0 spiro atoms. The molecule has 1 amide bonds. The second kappa shape index (κ2) is 5.28. The number of nitrogens with two attached hydrogens (primary N) is 1. The molecule has 2 aromatic carbocycles. The molecule has 5 nitrogen and oxygen atoms in total. The molecule has 0 aliphatic carbocycles. The molecule has 106 valence electrons. The van der Waals surface area contributed by atoms with Gasteiger partial charge in [-0.05, 0) is 18.4 Å². The first-order valence-corrected chi connectivity index (χ1v) is 6.81. The lowest BCUT2D eigenvalue weighted by atomic mass is 10.1. The number of anilines is 2. The first-order valence-electron chi connectivity index (χ1n) is 6.81. The second-order valence-corrected chi connectivity index (χ2v) is 4.75. The number of carbonyl (C=O) groups is 1. The highest BCUT2D eigenvalue weighted by molar-refractivity contribution is 6.12. The number of fused-ring (bicyclic) bond motifs is 1. The van der Waals surface area contributed by atoms with Crippen molar-refractivity contribution in [1.82, 2.24) is 10.2 Å². The molecule has 1 aromatic heterocycles. The summed E-state index contributed by atoms with van der Waals surface area (Å²) in [6.07, 6.45) is 1.46. The molecular formula is C16H16N4O. The molecule has 0 bridgehead atoms. The zero-order chi connectivity index (χ0) is 14.8. The SMILES string of the molecule is CCN(C(=O)c1cn[nH]c1N)c1cccc2ccccc12. The maximum Gasteiger partial charge on any atom is 0.263 e. The van der Waals surface area contributed by atoms with E-state index in [2.05, 4.69) is 10.2 Å². The maximum atomic E-state index is 12.7. The summed E-state index contributed by atoms with van der Waals surface area (Å²) in [6.45, 7) is 2.49. The number of benzene rings is 2. The molecule has 0 atom stereocenters. The molecule has 0 aliphatic rings. The first-order chi connectivity index (χ1) is 10.2. The van der Waals surface area contributed by atoms with Crippen molar-refractivity contribution in [2.24, 2.45) is 0 Å². The largest absolute Gasteiger partial charge is 0.383 e. The molecule has 0 saturated heterocycles. The van der Waals surface area contributed by atoms with E-state index in [1.807, 2.05) is 49.4 Å². The van der Waals surface area contributed by atoms with E-state index in [9.17, 15) is 4.79 Å². The summed E-state index contributed by atoms with van der Waals surface area (Å²) in [6, 6.07) is 13.9. The van der Waals surface area contributed by atoms with Gasteiger partial charge in [0.05, 0.1) is 11.9 Å². The fourth-order valence-electron chi connectivity index (χ4n) is 2.48. The summed E-state index contributed by atoms with van der Waals surface area (Å²) in [5.74, 6) is 0.138. The Kier molecular flexibility index (Phi) is 3.31. The zero-order valence-corrected chi connectivity index (χ0v) is 11.7. The van der Waals surface area contributed by atoms with Crippen LogP contribution in [0.5, 0.6) is 0 Å². The van der Waals surface area contributed by atoms with E-state index in [-0.39, 0.29) is 5.91 Å². The van der Waals surface area contributed by atoms with Crippen LogP contribution in [0.3, 0.4) is 0 Å². The summed E-state index contributed by atoms with van der Waals surface area (Å²) < 4.78 is 0. The van der Waals surface area contributed by atoms with E-state index in [4.69, 9.17) is 5.73 Å². The molecular weight excluding hydrogens is 264 g/mol. The van der Waals surface area contributed by atoms with Gasteiger partial charge in [-0.2, -0.15) is 5.10 Å². The molecule has 0 aliphatic heterocycles. The molecule has 0 saturated carbocycles. The van der Waals surface area contributed by atoms with Crippen LogP contribution in [0.2, 0.25) is 0 Å². The van der Waals surface area contributed by atoms with Crippen LogP contribution in [-0.2, 0) is 0 Å². The van der Waals surface area contributed by atoms with Crippen LogP contribution in [0.15, 0.2) is 48.7 Å². The van der Waals surface area contributed by atoms with Crippen LogP contribution < -0.4 is 10.6 Å². The molecule has 0 fully saturated rings. The Morgan fingerprint density at radius 1 is 1.24 bits per heavy atom. The van der Waals surface area contributed by atoms with Gasteiger partial charge in [-0.15, -0.1) is 0 Å². The van der Waals surface area contributed by atoms with Crippen molar-refractivity contribution in [3.8, 4) is 0 Å². The molecule has 21 heavy (non-hydrogen) atoms. The Morgan fingerprint density at radius 3 is 2.71 bits per heavy atom. The monoisotopic (exact) mass is 280 g/mol. The summed E-state index contributed by atoms with van der Waals surface area (Å²) in [5.41, 5.74) is 7.03. The minimum Gasteiger partial charge on any atom is -0.383 e. The van der Waals surface area contributed by atoms with Gasteiger partial charge in [-0.1, -0.05) is 36.4 Å². The molecule has 3 rings (SSSR count). The van der Waals surface area contributed by atoms with Crippen molar-refractivity contribution in [3.05, 3.63) is 54.2 Å². The third kappa shape index (κ3) is 2.23. The minimum atomic E-state index is -0.153. The van der Waals surface area contributed by atoms with Gasteiger partial charge in [0.15, 0.2) is 0 Å². The predicted octanol–water partition coefficient (Wildman–Crippen LogP) is 2.81. The summed E-state index contributed by atoms with van der Waals surface area (Å²) in [5, 5.41) is 8.55. The lowest BCUT2D eigenvalue weighted by Gasteiger charge is -2.22.